The molecular weight excluding hydrogens is 254 g/mol. The minimum atomic E-state index is -1.05. The minimum Gasteiger partial charge on any atom is -0.496 e. The van der Waals surface area contributed by atoms with Crippen molar-refractivity contribution in [3.05, 3.63) is 22.7 Å². The van der Waals surface area contributed by atoms with Gasteiger partial charge in [-0.25, -0.2) is 4.79 Å². The molecule has 0 fully saturated rings. The van der Waals surface area contributed by atoms with Crippen LogP contribution in [0.15, 0.2) is 12.1 Å². The highest BCUT2D eigenvalue weighted by molar-refractivity contribution is 6.33. The molecule has 0 aliphatic heterocycles. The highest BCUT2D eigenvalue weighted by Gasteiger charge is 2.14. The summed E-state index contributed by atoms with van der Waals surface area (Å²) in [5.41, 5.74) is 0.760. The number of anilines is 1. The average Bonchev–Trinajstić information content (AvgIpc) is 2.30. The lowest BCUT2D eigenvalue weighted by atomic mass is 10.1. The molecule has 0 aromatic heterocycles. The second-order valence-electron chi connectivity index (χ2n) is 4.45. The Morgan fingerprint density at radius 2 is 2.17 bits per heavy atom. The molecule has 1 rings (SSSR count). The molecule has 0 heterocycles. The number of hydrogen-bond donors (Lipinski definition) is 2. The van der Waals surface area contributed by atoms with Gasteiger partial charge in [0.15, 0.2) is 0 Å². The number of aromatic carboxylic acids is 1. The van der Waals surface area contributed by atoms with Crippen LogP contribution in [0.25, 0.3) is 0 Å². The first-order valence-corrected chi connectivity index (χ1v) is 6.18. The Labute approximate surface area is 112 Å². The maximum atomic E-state index is 11.0. The van der Waals surface area contributed by atoms with Gasteiger partial charge in [-0.1, -0.05) is 25.4 Å². The van der Waals surface area contributed by atoms with Gasteiger partial charge in [-0.15, -0.1) is 0 Å². The molecule has 18 heavy (non-hydrogen) atoms. The first kappa shape index (κ1) is 14.6. The van der Waals surface area contributed by atoms with E-state index in [2.05, 4.69) is 19.2 Å². The Morgan fingerprint density at radius 3 is 2.67 bits per heavy atom. The largest absolute Gasteiger partial charge is 0.496 e. The molecule has 0 aliphatic carbocycles. The van der Waals surface area contributed by atoms with Gasteiger partial charge in [0, 0.05) is 12.6 Å². The van der Waals surface area contributed by atoms with Gasteiger partial charge in [0.1, 0.15) is 11.3 Å². The van der Waals surface area contributed by atoms with Crippen LogP contribution < -0.4 is 10.1 Å². The fourth-order valence-electron chi connectivity index (χ4n) is 1.52. The van der Waals surface area contributed by atoms with Crippen molar-refractivity contribution in [3.63, 3.8) is 0 Å². The molecular formula is C13H18ClNO3. The normalized spacial score (nSPS) is 10.5. The van der Waals surface area contributed by atoms with Crippen LogP contribution in [-0.4, -0.2) is 24.7 Å². The van der Waals surface area contributed by atoms with E-state index >= 15 is 0 Å². The summed E-state index contributed by atoms with van der Waals surface area (Å²) in [6.07, 6.45) is 1.01. The molecule has 0 bridgehead atoms. The van der Waals surface area contributed by atoms with Gasteiger partial charge in [-0.05, 0) is 18.4 Å². The van der Waals surface area contributed by atoms with Crippen LogP contribution in [0.2, 0.25) is 5.02 Å². The Balaban J connectivity index is 2.90. The smallest absolute Gasteiger partial charge is 0.339 e. The van der Waals surface area contributed by atoms with E-state index in [-0.39, 0.29) is 5.56 Å². The topological polar surface area (TPSA) is 58.6 Å². The van der Waals surface area contributed by atoms with Gasteiger partial charge in [-0.3, -0.25) is 0 Å². The summed E-state index contributed by atoms with van der Waals surface area (Å²) in [4.78, 5) is 11.0. The molecule has 0 spiro atoms. The number of hydrogen-bond acceptors (Lipinski definition) is 3. The van der Waals surface area contributed by atoms with E-state index < -0.39 is 5.97 Å². The molecule has 2 N–H and O–H groups in total. The predicted molar refractivity (Wildman–Crippen MR) is 72.9 cm³/mol. The first-order chi connectivity index (χ1) is 8.45. The van der Waals surface area contributed by atoms with E-state index in [0.29, 0.717) is 22.4 Å². The first-order valence-electron chi connectivity index (χ1n) is 5.80. The fraction of sp³-hybridized carbons (Fsp3) is 0.462. The van der Waals surface area contributed by atoms with E-state index in [0.717, 1.165) is 13.0 Å². The van der Waals surface area contributed by atoms with Crippen molar-refractivity contribution in [2.45, 2.75) is 20.3 Å². The fourth-order valence-corrected chi connectivity index (χ4v) is 1.75. The Morgan fingerprint density at radius 1 is 1.50 bits per heavy atom. The van der Waals surface area contributed by atoms with Crippen molar-refractivity contribution in [1.29, 1.82) is 0 Å². The van der Waals surface area contributed by atoms with Crippen molar-refractivity contribution in [3.8, 4) is 5.75 Å². The Hall–Kier alpha value is -1.42. The second kappa shape index (κ2) is 6.50. The van der Waals surface area contributed by atoms with Crippen molar-refractivity contribution < 1.29 is 14.6 Å². The lowest BCUT2D eigenvalue weighted by Crippen LogP contribution is -2.07. The standard InChI is InChI=1S/C13H18ClNO3/c1-8(2)4-5-15-11-7-12(18-3)9(13(16)17)6-10(11)14/h6-8,15H,4-5H2,1-3H3,(H,16,17). The number of methoxy groups -OCH3 is 1. The van der Waals surface area contributed by atoms with Crippen LogP contribution in [0.3, 0.4) is 0 Å². The van der Waals surface area contributed by atoms with Crippen LogP contribution >= 0.6 is 11.6 Å². The van der Waals surface area contributed by atoms with Crippen molar-refractivity contribution >= 4 is 23.3 Å². The SMILES string of the molecule is COc1cc(NCCC(C)C)c(Cl)cc1C(=O)O. The molecule has 5 heteroatoms. The molecule has 0 amide bonds. The molecule has 0 atom stereocenters. The number of halogens is 1. The van der Waals surface area contributed by atoms with Crippen molar-refractivity contribution in [2.75, 3.05) is 19.0 Å². The number of carboxylic acids is 1. The molecule has 0 unspecified atom stereocenters. The van der Waals surface area contributed by atoms with E-state index in [4.69, 9.17) is 21.4 Å². The highest BCUT2D eigenvalue weighted by atomic mass is 35.5. The summed E-state index contributed by atoms with van der Waals surface area (Å²) < 4.78 is 5.05. The van der Waals surface area contributed by atoms with E-state index in [1.807, 2.05) is 0 Å². The monoisotopic (exact) mass is 271 g/mol. The minimum absolute atomic E-state index is 0.0666. The van der Waals surface area contributed by atoms with Gasteiger partial charge < -0.3 is 15.2 Å². The zero-order valence-corrected chi connectivity index (χ0v) is 11.5. The van der Waals surface area contributed by atoms with Crippen LogP contribution in [0.1, 0.15) is 30.6 Å². The third-order valence-electron chi connectivity index (χ3n) is 2.56. The third kappa shape index (κ3) is 3.81. The average molecular weight is 272 g/mol. The molecule has 0 saturated carbocycles. The maximum absolute atomic E-state index is 11.0. The van der Waals surface area contributed by atoms with Gasteiger partial charge in [0.2, 0.25) is 0 Å². The molecule has 100 valence electrons. The summed E-state index contributed by atoms with van der Waals surface area (Å²) in [6.45, 7) is 5.06. The van der Waals surface area contributed by atoms with E-state index in [1.165, 1.54) is 13.2 Å². The number of benzene rings is 1. The summed E-state index contributed by atoms with van der Waals surface area (Å²) in [5.74, 6) is -0.155. The Kier molecular flexibility index (Phi) is 5.28. The van der Waals surface area contributed by atoms with Crippen molar-refractivity contribution in [1.82, 2.24) is 0 Å². The summed E-state index contributed by atoms with van der Waals surface area (Å²) in [6, 6.07) is 3.02. The number of ether oxygens (including phenoxy) is 1. The number of carboxylic acid groups (broad SMARTS) is 1. The van der Waals surface area contributed by atoms with Gasteiger partial charge in [0.05, 0.1) is 17.8 Å². The predicted octanol–water partition coefficient (Wildman–Crippen LogP) is 3.50. The van der Waals surface area contributed by atoms with Gasteiger partial charge in [-0.2, -0.15) is 0 Å². The van der Waals surface area contributed by atoms with Crippen LogP contribution in [0.5, 0.6) is 5.75 Å². The van der Waals surface area contributed by atoms with E-state index in [1.54, 1.807) is 6.07 Å². The lowest BCUT2D eigenvalue weighted by Gasteiger charge is -2.13. The number of carbonyl (C=O) groups is 1. The van der Waals surface area contributed by atoms with Gasteiger partial charge >= 0.3 is 5.97 Å². The number of nitrogens with one attached hydrogen (secondary N) is 1. The van der Waals surface area contributed by atoms with Gasteiger partial charge in [0.25, 0.3) is 0 Å². The maximum Gasteiger partial charge on any atom is 0.339 e. The molecule has 0 radical (unpaired) electrons. The van der Waals surface area contributed by atoms with Crippen molar-refractivity contribution in [2.24, 2.45) is 5.92 Å². The van der Waals surface area contributed by atoms with E-state index in [9.17, 15) is 4.79 Å². The molecule has 0 saturated heterocycles. The lowest BCUT2D eigenvalue weighted by molar-refractivity contribution is 0.0693. The summed E-state index contributed by atoms with van der Waals surface area (Å²) in [7, 11) is 1.44. The summed E-state index contributed by atoms with van der Waals surface area (Å²) >= 11 is 6.04. The van der Waals surface area contributed by atoms with Crippen LogP contribution in [0, 0.1) is 5.92 Å². The third-order valence-corrected chi connectivity index (χ3v) is 2.87. The van der Waals surface area contributed by atoms with Crippen LogP contribution in [0.4, 0.5) is 5.69 Å². The zero-order valence-electron chi connectivity index (χ0n) is 10.8. The summed E-state index contributed by atoms with van der Waals surface area (Å²) in [5, 5.41) is 12.6. The molecule has 1 aromatic rings. The van der Waals surface area contributed by atoms with Crippen LogP contribution in [-0.2, 0) is 0 Å². The Bertz CT molecular complexity index is 432. The molecule has 1 aromatic carbocycles. The highest BCUT2D eigenvalue weighted by Crippen LogP contribution is 2.31. The quantitative estimate of drug-likeness (QED) is 0.831. The zero-order chi connectivity index (χ0) is 13.7. The molecule has 4 nitrogen and oxygen atoms in total. The number of rotatable bonds is 6. The second-order valence-corrected chi connectivity index (χ2v) is 4.85. The molecule has 0 aliphatic rings.